The van der Waals surface area contributed by atoms with Crippen LogP contribution in [0, 0.1) is 6.92 Å². The Balaban J connectivity index is 2.39. The van der Waals surface area contributed by atoms with Gasteiger partial charge in [-0.15, -0.1) is 0 Å². The maximum atomic E-state index is 9.98. The predicted molar refractivity (Wildman–Crippen MR) is 49.1 cm³/mol. The van der Waals surface area contributed by atoms with Crippen LogP contribution in [0.3, 0.4) is 0 Å². The van der Waals surface area contributed by atoms with Gasteiger partial charge in [-0.2, -0.15) is 0 Å². The first-order valence-corrected chi connectivity index (χ1v) is 4.24. The number of nitrogens with zero attached hydrogens (tertiary/aromatic N) is 1. The van der Waals surface area contributed by atoms with Crippen LogP contribution in [-0.4, -0.2) is 12.9 Å². The van der Waals surface area contributed by atoms with Crippen LogP contribution < -0.4 is 9.47 Å². The monoisotopic (exact) mass is 191 g/mol. The summed E-state index contributed by atoms with van der Waals surface area (Å²) in [6.07, 6.45) is 1.51. The smallest absolute Gasteiger partial charge is 0.235 e. The minimum atomic E-state index is 0.260. The zero-order valence-electron chi connectivity index (χ0n) is 7.74. The lowest BCUT2D eigenvalue weighted by atomic mass is 10.1. The number of ether oxygens (including phenoxy) is 2. The van der Waals surface area contributed by atoms with Crippen LogP contribution in [0.15, 0.2) is 17.1 Å². The summed E-state index contributed by atoms with van der Waals surface area (Å²) in [7, 11) is 0. The van der Waals surface area contributed by atoms with Crippen molar-refractivity contribution < 1.29 is 14.3 Å². The third kappa shape index (κ3) is 1.36. The predicted octanol–water partition coefficient (Wildman–Crippen LogP) is 1.56. The highest BCUT2D eigenvalue weighted by Gasteiger charge is 2.17. The van der Waals surface area contributed by atoms with Gasteiger partial charge in [0, 0.05) is 5.56 Å². The van der Waals surface area contributed by atoms with Crippen molar-refractivity contribution in [2.45, 2.75) is 13.5 Å². The molecule has 0 radical (unpaired) electrons. The number of fused-ring (bicyclic) bond motifs is 1. The van der Waals surface area contributed by atoms with Gasteiger partial charge in [-0.05, 0) is 18.6 Å². The first kappa shape index (κ1) is 8.78. The molecular weight excluding hydrogens is 182 g/mol. The van der Waals surface area contributed by atoms with Crippen molar-refractivity contribution >= 4 is 6.08 Å². The van der Waals surface area contributed by atoms with E-state index in [0.29, 0.717) is 6.54 Å². The summed E-state index contributed by atoms with van der Waals surface area (Å²) in [6, 6.07) is 3.70. The van der Waals surface area contributed by atoms with E-state index in [4.69, 9.17) is 9.47 Å². The molecule has 0 saturated heterocycles. The number of isocyanates is 1. The quantitative estimate of drug-likeness (QED) is 0.526. The topological polar surface area (TPSA) is 47.9 Å². The van der Waals surface area contributed by atoms with E-state index in [9.17, 15) is 4.79 Å². The molecular formula is C10H9NO3. The highest BCUT2D eigenvalue weighted by atomic mass is 16.7. The van der Waals surface area contributed by atoms with Crippen molar-refractivity contribution in [3.8, 4) is 11.5 Å². The standard InChI is InChI=1S/C10H9NO3/c1-7-8(4-11-5-12)2-3-9-10(7)14-6-13-9/h2-3H,4,6H2,1H3. The Labute approximate surface area is 81.2 Å². The molecule has 4 heteroatoms. The second-order valence-electron chi connectivity index (χ2n) is 2.99. The molecule has 1 aromatic carbocycles. The third-order valence-electron chi connectivity index (χ3n) is 2.21. The van der Waals surface area contributed by atoms with Crippen LogP contribution in [0.5, 0.6) is 11.5 Å². The summed E-state index contributed by atoms with van der Waals surface area (Å²) in [6.45, 7) is 2.52. The van der Waals surface area contributed by atoms with Gasteiger partial charge in [-0.3, -0.25) is 0 Å². The molecule has 0 atom stereocenters. The molecule has 0 unspecified atom stereocenters. The summed E-state index contributed by atoms with van der Waals surface area (Å²) in [5.74, 6) is 1.50. The van der Waals surface area contributed by atoms with Crippen LogP contribution in [0.1, 0.15) is 11.1 Å². The molecule has 1 aromatic rings. The number of hydrogen-bond acceptors (Lipinski definition) is 4. The molecule has 1 aliphatic heterocycles. The van der Waals surface area contributed by atoms with Gasteiger partial charge >= 0.3 is 0 Å². The fraction of sp³-hybridized carbons (Fsp3) is 0.300. The molecule has 0 fully saturated rings. The molecule has 1 heterocycles. The SMILES string of the molecule is Cc1c(CN=C=O)ccc2c1OCO2. The molecule has 14 heavy (non-hydrogen) atoms. The van der Waals surface area contributed by atoms with E-state index in [0.717, 1.165) is 22.6 Å². The fourth-order valence-corrected chi connectivity index (χ4v) is 1.44. The summed E-state index contributed by atoms with van der Waals surface area (Å²) in [5, 5.41) is 0. The molecule has 72 valence electrons. The molecule has 0 amide bonds. The van der Waals surface area contributed by atoms with Gasteiger partial charge in [-0.25, -0.2) is 9.79 Å². The van der Waals surface area contributed by atoms with Crippen molar-refractivity contribution in [1.29, 1.82) is 0 Å². The first-order valence-electron chi connectivity index (χ1n) is 4.24. The Morgan fingerprint density at radius 2 is 2.36 bits per heavy atom. The number of hydrogen-bond donors (Lipinski definition) is 0. The molecule has 0 aliphatic carbocycles. The molecule has 0 N–H and O–H groups in total. The van der Waals surface area contributed by atoms with Crippen LogP contribution in [0.4, 0.5) is 0 Å². The van der Waals surface area contributed by atoms with E-state index >= 15 is 0 Å². The molecule has 0 saturated carbocycles. The second-order valence-corrected chi connectivity index (χ2v) is 2.99. The van der Waals surface area contributed by atoms with E-state index in [1.807, 2.05) is 19.1 Å². The molecule has 0 spiro atoms. The van der Waals surface area contributed by atoms with Crippen LogP contribution >= 0.6 is 0 Å². The van der Waals surface area contributed by atoms with Crippen LogP contribution in [0.25, 0.3) is 0 Å². The summed E-state index contributed by atoms with van der Waals surface area (Å²) < 4.78 is 10.5. The van der Waals surface area contributed by atoms with E-state index in [2.05, 4.69) is 4.99 Å². The maximum Gasteiger partial charge on any atom is 0.235 e. The average molecular weight is 191 g/mol. The van der Waals surface area contributed by atoms with Crippen molar-refractivity contribution in [2.24, 2.45) is 4.99 Å². The number of aliphatic imine (C=N–C) groups is 1. The highest BCUT2D eigenvalue weighted by molar-refractivity contribution is 5.51. The molecule has 2 rings (SSSR count). The van der Waals surface area contributed by atoms with Gasteiger partial charge in [0.1, 0.15) is 0 Å². The van der Waals surface area contributed by atoms with Gasteiger partial charge < -0.3 is 9.47 Å². The summed E-state index contributed by atoms with van der Waals surface area (Å²) >= 11 is 0. The highest BCUT2D eigenvalue weighted by Crippen LogP contribution is 2.36. The number of carbonyl (C=O) groups excluding carboxylic acids is 1. The van der Waals surface area contributed by atoms with Gasteiger partial charge in [-0.1, -0.05) is 6.07 Å². The lowest BCUT2D eigenvalue weighted by Crippen LogP contribution is -1.94. The van der Waals surface area contributed by atoms with Gasteiger partial charge in [0.25, 0.3) is 0 Å². The zero-order chi connectivity index (χ0) is 9.97. The average Bonchev–Trinajstić information content (AvgIpc) is 2.66. The van der Waals surface area contributed by atoms with E-state index in [1.165, 1.54) is 6.08 Å². The lowest BCUT2D eigenvalue weighted by molar-refractivity contribution is 0.173. The van der Waals surface area contributed by atoms with Gasteiger partial charge in [0.15, 0.2) is 11.5 Å². The maximum absolute atomic E-state index is 9.98. The molecule has 0 bridgehead atoms. The van der Waals surface area contributed by atoms with Gasteiger partial charge in [0.05, 0.1) is 6.54 Å². The normalized spacial score (nSPS) is 12.4. The summed E-state index contributed by atoms with van der Waals surface area (Å²) in [4.78, 5) is 13.5. The van der Waals surface area contributed by atoms with Crippen molar-refractivity contribution in [2.75, 3.05) is 6.79 Å². The Bertz CT molecular complexity index is 408. The zero-order valence-corrected chi connectivity index (χ0v) is 7.74. The minimum Gasteiger partial charge on any atom is -0.454 e. The van der Waals surface area contributed by atoms with Crippen molar-refractivity contribution in [3.63, 3.8) is 0 Å². The van der Waals surface area contributed by atoms with E-state index in [1.54, 1.807) is 0 Å². The van der Waals surface area contributed by atoms with Crippen molar-refractivity contribution in [3.05, 3.63) is 23.3 Å². The Morgan fingerprint density at radius 3 is 3.14 bits per heavy atom. The Hall–Kier alpha value is -1.80. The lowest BCUT2D eigenvalue weighted by Gasteiger charge is -2.04. The minimum absolute atomic E-state index is 0.260. The van der Waals surface area contributed by atoms with Crippen LogP contribution in [0.2, 0.25) is 0 Å². The van der Waals surface area contributed by atoms with Gasteiger partial charge in [0.2, 0.25) is 12.9 Å². The molecule has 0 aromatic heterocycles. The van der Waals surface area contributed by atoms with Crippen LogP contribution in [-0.2, 0) is 11.3 Å². The Kier molecular flexibility index (Phi) is 2.21. The summed E-state index contributed by atoms with van der Waals surface area (Å²) in [5.41, 5.74) is 1.93. The number of benzene rings is 1. The van der Waals surface area contributed by atoms with Crippen molar-refractivity contribution in [1.82, 2.24) is 0 Å². The molecule has 4 nitrogen and oxygen atoms in total. The van der Waals surface area contributed by atoms with E-state index in [-0.39, 0.29) is 6.79 Å². The largest absolute Gasteiger partial charge is 0.454 e. The first-order chi connectivity index (χ1) is 6.83. The second kappa shape index (κ2) is 3.52. The third-order valence-corrected chi connectivity index (χ3v) is 2.21. The molecule has 1 aliphatic rings. The number of rotatable bonds is 2. The van der Waals surface area contributed by atoms with E-state index < -0.39 is 0 Å². The Morgan fingerprint density at radius 1 is 1.50 bits per heavy atom. The fourth-order valence-electron chi connectivity index (χ4n) is 1.44.